The number of rotatable bonds is 5. The molecule has 8 heteroatoms. The number of aliphatic imine (C=N–C) groups is 1. The smallest absolute Gasteiger partial charge is 0.276 e. The minimum Gasteiger partial charge on any atom is -0.366 e. The number of imidazole rings is 1. The lowest BCUT2D eigenvalue weighted by Crippen LogP contribution is -2.45. The molecule has 2 heterocycles. The van der Waals surface area contributed by atoms with Gasteiger partial charge in [0.2, 0.25) is 0 Å². The Kier molecular flexibility index (Phi) is 6.15. The molecule has 0 saturated carbocycles. The summed E-state index contributed by atoms with van der Waals surface area (Å²) in [5.74, 6) is 0.291. The summed E-state index contributed by atoms with van der Waals surface area (Å²) in [6, 6.07) is 25.0. The molecule has 1 aliphatic heterocycles. The number of aryl methyl sites for hydroxylation is 2. The Morgan fingerprint density at radius 2 is 1.69 bits per heavy atom. The van der Waals surface area contributed by atoms with Crippen LogP contribution in [0.2, 0.25) is 0 Å². The van der Waals surface area contributed by atoms with E-state index in [1.54, 1.807) is 4.90 Å². The van der Waals surface area contributed by atoms with Crippen LogP contribution in [-0.2, 0) is 5.72 Å². The predicted octanol–water partition coefficient (Wildman–Crippen LogP) is 5.37. The molecular formula is C27H25N5O2S. The van der Waals surface area contributed by atoms with Crippen LogP contribution in [0.4, 0.5) is 17.2 Å². The molecular weight excluding hydrogens is 458 g/mol. The number of aliphatic hydroxyl groups is 1. The van der Waals surface area contributed by atoms with Crippen LogP contribution in [0.25, 0.3) is 0 Å². The van der Waals surface area contributed by atoms with Gasteiger partial charge >= 0.3 is 0 Å². The maximum absolute atomic E-state index is 13.0. The molecule has 35 heavy (non-hydrogen) atoms. The van der Waals surface area contributed by atoms with Crippen molar-refractivity contribution in [2.75, 3.05) is 16.0 Å². The number of anilines is 2. The zero-order valence-electron chi connectivity index (χ0n) is 19.4. The lowest BCUT2D eigenvalue weighted by molar-refractivity contribution is 0.0768. The van der Waals surface area contributed by atoms with E-state index in [1.807, 2.05) is 92.7 Å². The zero-order chi connectivity index (χ0) is 24.4. The molecule has 0 bridgehead atoms. The molecule has 1 aromatic heterocycles. The summed E-state index contributed by atoms with van der Waals surface area (Å²) in [5.41, 5.74) is 3.41. The quantitative estimate of drug-likeness (QED) is 0.355. The number of para-hydroxylation sites is 1. The third kappa shape index (κ3) is 4.58. The first-order valence-electron chi connectivity index (χ1n) is 11.2. The van der Waals surface area contributed by atoms with Gasteiger partial charge in [-0.25, -0.2) is 9.98 Å². The highest BCUT2D eigenvalue weighted by molar-refractivity contribution is 8.14. The molecule has 1 fully saturated rings. The Morgan fingerprint density at radius 1 is 1.03 bits per heavy atom. The lowest BCUT2D eigenvalue weighted by Gasteiger charge is -2.34. The summed E-state index contributed by atoms with van der Waals surface area (Å²) >= 11 is 1.42. The summed E-state index contributed by atoms with van der Waals surface area (Å²) in [7, 11) is 0. The van der Waals surface area contributed by atoms with E-state index in [9.17, 15) is 9.90 Å². The summed E-state index contributed by atoms with van der Waals surface area (Å²) in [4.78, 5) is 26.7. The number of carbonyl (C=O) groups is 1. The van der Waals surface area contributed by atoms with Gasteiger partial charge in [-0.3, -0.25) is 9.69 Å². The molecule has 0 unspecified atom stereocenters. The van der Waals surface area contributed by atoms with Crippen molar-refractivity contribution >= 4 is 40.0 Å². The monoisotopic (exact) mass is 483 g/mol. The fourth-order valence-corrected chi connectivity index (χ4v) is 5.09. The summed E-state index contributed by atoms with van der Waals surface area (Å²) in [5, 5.41) is 15.3. The van der Waals surface area contributed by atoms with Gasteiger partial charge in [0.15, 0.2) is 22.4 Å². The molecule has 3 N–H and O–H groups in total. The van der Waals surface area contributed by atoms with Gasteiger partial charge in [0.25, 0.3) is 5.91 Å². The van der Waals surface area contributed by atoms with Crippen LogP contribution in [0.5, 0.6) is 0 Å². The first-order valence-corrected chi connectivity index (χ1v) is 12.2. The van der Waals surface area contributed by atoms with E-state index in [2.05, 4.69) is 15.3 Å². The van der Waals surface area contributed by atoms with Crippen molar-refractivity contribution in [3.63, 3.8) is 0 Å². The van der Waals surface area contributed by atoms with Gasteiger partial charge in [0, 0.05) is 16.9 Å². The van der Waals surface area contributed by atoms with Crippen molar-refractivity contribution in [2.24, 2.45) is 4.99 Å². The Hall–Kier alpha value is -3.88. The SMILES string of the molecule is Cc1ccc(NC(=O)c2[nH]cnc2N=C2SC[C@@](O)(c3ccc(C)cc3)N2c2ccccc2)cc1. The van der Waals surface area contributed by atoms with E-state index in [-0.39, 0.29) is 17.4 Å². The molecule has 176 valence electrons. The average Bonchev–Trinajstić information content (AvgIpc) is 3.46. The van der Waals surface area contributed by atoms with Gasteiger partial charge < -0.3 is 15.4 Å². The van der Waals surface area contributed by atoms with Crippen molar-refractivity contribution in [3.05, 3.63) is 108 Å². The van der Waals surface area contributed by atoms with Crippen molar-refractivity contribution in [1.29, 1.82) is 0 Å². The normalized spacial score (nSPS) is 18.7. The summed E-state index contributed by atoms with van der Waals surface area (Å²) in [6.45, 7) is 4.00. The maximum Gasteiger partial charge on any atom is 0.276 e. The predicted molar refractivity (Wildman–Crippen MR) is 141 cm³/mol. The third-order valence-corrected chi connectivity index (χ3v) is 6.93. The number of amidine groups is 1. The van der Waals surface area contributed by atoms with Crippen LogP contribution in [0.3, 0.4) is 0 Å². The van der Waals surface area contributed by atoms with Gasteiger partial charge in [0.05, 0.1) is 12.1 Å². The molecule has 0 aliphatic carbocycles. The highest BCUT2D eigenvalue weighted by Gasteiger charge is 2.46. The van der Waals surface area contributed by atoms with Gasteiger partial charge in [-0.15, -0.1) is 0 Å². The Labute approximate surface area is 207 Å². The lowest BCUT2D eigenvalue weighted by atomic mass is 10.0. The van der Waals surface area contributed by atoms with Crippen LogP contribution >= 0.6 is 11.8 Å². The van der Waals surface area contributed by atoms with Crippen LogP contribution in [0.15, 0.2) is 90.2 Å². The molecule has 3 aromatic carbocycles. The Bertz CT molecular complexity index is 1370. The van der Waals surface area contributed by atoms with E-state index >= 15 is 0 Å². The number of nitrogens with zero attached hydrogens (tertiary/aromatic N) is 3. The molecule has 7 nitrogen and oxygen atoms in total. The van der Waals surface area contributed by atoms with Gasteiger partial charge in [-0.05, 0) is 38.1 Å². The first-order chi connectivity index (χ1) is 16.9. The summed E-state index contributed by atoms with van der Waals surface area (Å²) < 4.78 is 0. The van der Waals surface area contributed by atoms with Crippen molar-refractivity contribution in [3.8, 4) is 0 Å². The number of amides is 1. The van der Waals surface area contributed by atoms with Crippen molar-refractivity contribution in [1.82, 2.24) is 9.97 Å². The zero-order valence-corrected chi connectivity index (χ0v) is 20.2. The number of thioether (sulfide) groups is 1. The number of aromatic nitrogens is 2. The van der Waals surface area contributed by atoms with Crippen LogP contribution in [0.1, 0.15) is 27.2 Å². The largest absolute Gasteiger partial charge is 0.366 e. The second kappa shape index (κ2) is 9.40. The number of nitrogens with one attached hydrogen (secondary N) is 2. The number of benzene rings is 3. The molecule has 0 spiro atoms. The highest BCUT2D eigenvalue weighted by Crippen LogP contribution is 2.43. The molecule has 5 rings (SSSR count). The molecule has 4 aromatic rings. The Morgan fingerprint density at radius 3 is 2.37 bits per heavy atom. The van der Waals surface area contributed by atoms with Crippen molar-refractivity contribution in [2.45, 2.75) is 19.6 Å². The van der Waals surface area contributed by atoms with E-state index in [1.165, 1.54) is 18.1 Å². The molecule has 1 atom stereocenters. The Balaban J connectivity index is 1.51. The van der Waals surface area contributed by atoms with Gasteiger partial charge in [-0.1, -0.05) is 77.5 Å². The van der Waals surface area contributed by atoms with Gasteiger partial charge in [0.1, 0.15) is 0 Å². The number of aromatic amines is 1. The second-order valence-corrected chi connectivity index (χ2v) is 9.40. The van der Waals surface area contributed by atoms with E-state index in [0.717, 1.165) is 22.4 Å². The van der Waals surface area contributed by atoms with E-state index in [4.69, 9.17) is 4.99 Å². The third-order valence-electron chi connectivity index (χ3n) is 5.85. The number of H-pyrrole nitrogens is 1. The van der Waals surface area contributed by atoms with Gasteiger partial charge in [-0.2, -0.15) is 0 Å². The number of carbonyl (C=O) groups excluding carboxylic acids is 1. The molecule has 0 radical (unpaired) electrons. The second-order valence-electron chi connectivity index (χ2n) is 8.46. The topological polar surface area (TPSA) is 93.6 Å². The standard InChI is InChI=1S/C27H25N5O2S/c1-18-8-12-20(13-9-18)27(34)16-35-26(32(27)22-6-4-3-5-7-22)31-24-23(28-17-29-24)25(33)30-21-14-10-19(2)11-15-21/h3-15,17,34H,16H2,1-2H3,(H,28,29)(H,30,33)/t27-/m1/s1. The highest BCUT2D eigenvalue weighted by atomic mass is 32.2. The molecule has 1 amide bonds. The maximum atomic E-state index is 13.0. The average molecular weight is 484 g/mol. The molecule has 1 saturated heterocycles. The van der Waals surface area contributed by atoms with E-state index in [0.29, 0.717) is 16.6 Å². The minimum absolute atomic E-state index is 0.248. The van der Waals surface area contributed by atoms with Crippen LogP contribution < -0.4 is 10.2 Å². The first kappa shape index (κ1) is 22.9. The van der Waals surface area contributed by atoms with E-state index < -0.39 is 5.72 Å². The summed E-state index contributed by atoms with van der Waals surface area (Å²) in [6.07, 6.45) is 1.45. The fourth-order valence-electron chi connectivity index (χ4n) is 3.93. The van der Waals surface area contributed by atoms with Crippen LogP contribution in [-0.4, -0.2) is 31.9 Å². The number of hydrogen-bond acceptors (Lipinski definition) is 5. The molecule has 1 aliphatic rings. The fraction of sp³-hybridized carbons (Fsp3) is 0.148. The van der Waals surface area contributed by atoms with Crippen LogP contribution in [0, 0.1) is 13.8 Å². The number of hydrogen-bond donors (Lipinski definition) is 3. The van der Waals surface area contributed by atoms with Crippen molar-refractivity contribution < 1.29 is 9.90 Å². The minimum atomic E-state index is -1.31.